The van der Waals surface area contributed by atoms with E-state index in [1.807, 2.05) is 31.2 Å². The summed E-state index contributed by atoms with van der Waals surface area (Å²) in [5.74, 6) is -0.194. The van der Waals surface area contributed by atoms with Gasteiger partial charge in [-0.1, -0.05) is 18.7 Å². The van der Waals surface area contributed by atoms with E-state index >= 15 is 0 Å². The van der Waals surface area contributed by atoms with E-state index in [9.17, 15) is 9.59 Å². The maximum Gasteiger partial charge on any atom is 0.247 e. The Kier molecular flexibility index (Phi) is 6.11. The SMILES string of the molecule is C=CC(=O)Nc1ccc(CCC(=O)NCc2cscc2C)cc1. The van der Waals surface area contributed by atoms with Gasteiger partial charge < -0.3 is 10.6 Å². The second-order valence-electron chi connectivity index (χ2n) is 5.25. The second kappa shape index (κ2) is 8.29. The molecule has 2 N–H and O–H groups in total. The van der Waals surface area contributed by atoms with Crippen LogP contribution in [0.4, 0.5) is 5.69 Å². The molecule has 0 aliphatic heterocycles. The molecule has 0 bridgehead atoms. The van der Waals surface area contributed by atoms with Crippen molar-refractivity contribution in [3.05, 3.63) is 64.4 Å². The Morgan fingerprint density at radius 1 is 1.22 bits per heavy atom. The number of thiophene rings is 1. The van der Waals surface area contributed by atoms with Crippen LogP contribution in [0.5, 0.6) is 0 Å². The maximum atomic E-state index is 11.9. The lowest BCUT2D eigenvalue weighted by atomic mass is 10.1. The first kappa shape index (κ1) is 17.0. The minimum atomic E-state index is -0.235. The van der Waals surface area contributed by atoms with Crippen LogP contribution in [0, 0.1) is 6.92 Å². The van der Waals surface area contributed by atoms with Crippen LogP contribution < -0.4 is 10.6 Å². The molecule has 0 saturated carbocycles. The third-order valence-electron chi connectivity index (χ3n) is 3.49. The molecule has 5 heteroatoms. The lowest BCUT2D eigenvalue weighted by Gasteiger charge is -2.06. The molecule has 23 heavy (non-hydrogen) atoms. The highest BCUT2D eigenvalue weighted by Crippen LogP contribution is 2.14. The van der Waals surface area contributed by atoms with E-state index in [1.165, 1.54) is 17.2 Å². The zero-order valence-corrected chi connectivity index (χ0v) is 13.9. The number of anilines is 1. The number of hydrogen-bond donors (Lipinski definition) is 2. The lowest BCUT2D eigenvalue weighted by molar-refractivity contribution is -0.121. The molecule has 1 aromatic carbocycles. The number of hydrogen-bond acceptors (Lipinski definition) is 3. The lowest BCUT2D eigenvalue weighted by Crippen LogP contribution is -2.23. The molecule has 0 radical (unpaired) electrons. The van der Waals surface area contributed by atoms with E-state index in [0.717, 1.165) is 11.3 Å². The van der Waals surface area contributed by atoms with Crippen LogP contribution in [0.2, 0.25) is 0 Å². The summed E-state index contributed by atoms with van der Waals surface area (Å²) in [5.41, 5.74) is 4.16. The second-order valence-corrected chi connectivity index (χ2v) is 5.99. The van der Waals surface area contributed by atoms with Gasteiger partial charge in [0.2, 0.25) is 11.8 Å². The van der Waals surface area contributed by atoms with Crippen LogP contribution >= 0.6 is 11.3 Å². The predicted molar refractivity (Wildman–Crippen MR) is 94.5 cm³/mol. The van der Waals surface area contributed by atoms with Gasteiger partial charge in [0, 0.05) is 18.7 Å². The Morgan fingerprint density at radius 2 is 1.96 bits per heavy atom. The van der Waals surface area contributed by atoms with Crippen molar-refractivity contribution in [1.82, 2.24) is 5.32 Å². The fourth-order valence-corrected chi connectivity index (χ4v) is 2.91. The topological polar surface area (TPSA) is 58.2 Å². The van der Waals surface area contributed by atoms with Gasteiger partial charge in [-0.2, -0.15) is 11.3 Å². The molecule has 0 atom stereocenters. The van der Waals surface area contributed by atoms with Gasteiger partial charge in [0.15, 0.2) is 0 Å². The highest BCUT2D eigenvalue weighted by Gasteiger charge is 2.05. The Bertz CT molecular complexity index is 689. The van der Waals surface area contributed by atoms with Gasteiger partial charge >= 0.3 is 0 Å². The van der Waals surface area contributed by atoms with Gasteiger partial charge in [0.05, 0.1) is 0 Å². The Balaban J connectivity index is 1.76. The first-order chi connectivity index (χ1) is 11.1. The van der Waals surface area contributed by atoms with E-state index in [4.69, 9.17) is 0 Å². The summed E-state index contributed by atoms with van der Waals surface area (Å²) in [6.45, 7) is 6.04. The summed E-state index contributed by atoms with van der Waals surface area (Å²) in [4.78, 5) is 23.1. The monoisotopic (exact) mass is 328 g/mol. The van der Waals surface area contributed by atoms with Crippen LogP contribution in [0.15, 0.2) is 47.7 Å². The van der Waals surface area contributed by atoms with Crippen molar-refractivity contribution >= 4 is 28.8 Å². The van der Waals surface area contributed by atoms with E-state index < -0.39 is 0 Å². The molecule has 0 spiro atoms. The number of nitrogens with one attached hydrogen (secondary N) is 2. The average molecular weight is 328 g/mol. The number of aryl methyl sites for hydroxylation is 2. The van der Waals surface area contributed by atoms with Gasteiger partial charge in [0.25, 0.3) is 0 Å². The van der Waals surface area contributed by atoms with Gasteiger partial charge in [-0.15, -0.1) is 0 Å². The van der Waals surface area contributed by atoms with E-state index in [1.54, 1.807) is 11.3 Å². The fourth-order valence-electron chi connectivity index (χ4n) is 2.06. The molecule has 2 amide bonds. The Morgan fingerprint density at radius 3 is 2.57 bits per heavy atom. The molecule has 0 aliphatic rings. The molecule has 0 fully saturated rings. The molecule has 1 aromatic heterocycles. The first-order valence-corrected chi connectivity index (χ1v) is 8.33. The summed E-state index contributed by atoms with van der Waals surface area (Å²) in [7, 11) is 0. The summed E-state index contributed by atoms with van der Waals surface area (Å²) in [5, 5.41) is 9.77. The molecule has 2 aromatic rings. The zero-order valence-electron chi connectivity index (χ0n) is 13.1. The van der Waals surface area contributed by atoms with Crippen molar-refractivity contribution in [2.45, 2.75) is 26.3 Å². The molecule has 0 aliphatic carbocycles. The number of benzene rings is 1. The molecular weight excluding hydrogens is 308 g/mol. The van der Waals surface area contributed by atoms with Gasteiger partial charge in [0.1, 0.15) is 0 Å². The highest BCUT2D eigenvalue weighted by molar-refractivity contribution is 7.08. The smallest absolute Gasteiger partial charge is 0.247 e. The zero-order chi connectivity index (χ0) is 16.7. The van der Waals surface area contributed by atoms with Crippen LogP contribution in [-0.2, 0) is 22.6 Å². The Hall–Kier alpha value is -2.40. The molecule has 0 saturated heterocycles. The summed E-state index contributed by atoms with van der Waals surface area (Å²) < 4.78 is 0. The van der Waals surface area contributed by atoms with Crippen molar-refractivity contribution < 1.29 is 9.59 Å². The van der Waals surface area contributed by atoms with Crippen molar-refractivity contribution in [3.8, 4) is 0 Å². The van der Waals surface area contributed by atoms with Crippen LogP contribution in [-0.4, -0.2) is 11.8 Å². The van der Waals surface area contributed by atoms with Crippen molar-refractivity contribution in [3.63, 3.8) is 0 Å². The van der Waals surface area contributed by atoms with Gasteiger partial charge in [-0.25, -0.2) is 0 Å². The summed E-state index contributed by atoms with van der Waals surface area (Å²) in [6.07, 6.45) is 2.35. The third-order valence-corrected chi connectivity index (χ3v) is 4.40. The van der Waals surface area contributed by atoms with E-state index in [2.05, 4.69) is 28.0 Å². The molecule has 2 rings (SSSR count). The standard InChI is InChI=1S/C18H20N2O2S/c1-3-17(21)20-16-7-4-14(5-8-16)6-9-18(22)19-10-15-12-23-11-13(15)2/h3-5,7-8,11-12H,1,6,9-10H2,2H3,(H,19,22)(H,20,21). The fraction of sp³-hybridized carbons (Fsp3) is 0.222. The first-order valence-electron chi connectivity index (χ1n) is 7.39. The van der Waals surface area contributed by atoms with Crippen molar-refractivity contribution in [1.29, 1.82) is 0 Å². The van der Waals surface area contributed by atoms with Crippen molar-refractivity contribution in [2.24, 2.45) is 0 Å². The summed E-state index contributed by atoms with van der Waals surface area (Å²) >= 11 is 1.65. The Labute approximate surface area is 140 Å². The average Bonchev–Trinajstić information content (AvgIpc) is 2.97. The largest absolute Gasteiger partial charge is 0.352 e. The minimum Gasteiger partial charge on any atom is -0.352 e. The molecular formula is C18H20N2O2S. The highest BCUT2D eigenvalue weighted by atomic mass is 32.1. The minimum absolute atomic E-state index is 0.0413. The molecule has 120 valence electrons. The summed E-state index contributed by atoms with van der Waals surface area (Å²) in [6, 6.07) is 7.47. The van der Waals surface area contributed by atoms with E-state index in [-0.39, 0.29) is 11.8 Å². The molecule has 0 unspecified atom stereocenters. The normalized spacial score (nSPS) is 10.1. The quantitative estimate of drug-likeness (QED) is 0.765. The third kappa shape index (κ3) is 5.38. The van der Waals surface area contributed by atoms with Crippen LogP contribution in [0.25, 0.3) is 0 Å². The number of carbonyl (C=O) groups is 2. The number of amides is 2. The predicted octanol–water partition coefficient (Wildman–Crippen LogP) is 3.43. The number of rotatable bonds is 7. The van der Waals surface area contributed by atoms with Gasteiger partial charge in [-0.05, 0) is 59.0 Å². The number of carbonyl (C=O) groups excluding carboxylic acids is 2. The molecule has 4 nitrogen and oxygen atoms in total. The van der Waals surface area contributed by atoms with Gasteiger partial charge in [-0.3, -0.25) is 9.59 Å². The van der Waals surface area contributed by atoms with Crippen LogP contribution in [0.1, 0.15) is 23.1 Å². The van der Waals surface area contributed by atoms with Crippen molar-refractivity contribution in [2.75, 3.05) is 5.32 Å². The molecule has 1 heterocycles. The van der Waals surface area contributed by atoms with Crippen LogP contribution in [0.3, 0.4) is 0 Å². The van der Waals surface area contributed by atoms with E-state index in [0.29, 0.717) is 19.4 Å². The maximum absolute atomic E-state index is 11.9.